The van der Waals surface area contributed by atoms with E-state index in [1.807, 2.05) is 61.5 Å². The first-order valence-corrected chi connectivity index (χ1v) is 7.36. The highest BCUT2D eigenvalue weighted by Gasteiger charge is 2.19. The lowest BCUT2D eigenvalue weighted by Gasteiger charge is -2.13. The normalized spacial score (nSPS) is 12.0. The average Bonchev–Trinajstić information content (AvgIpc) is 2.54. The van der Waals surface area contributed by atoms with Crippen LogP contribution in [0.3, 0.4) is 0 Å². The maximum absolute atomic E-state index is 11.9. The minimum absolute atomic E-state index is 0.250. The Hall–Kier alpha value is -2.88. The summed E-state index contributed by atoms with van der Waals surface area (Å²) >= 11 is 0. The van der Waals surface area contributed by atoms with Gasteiger partial charge in [0.25, 0.3) is 0 Å². The van der Waals surface area contributed by atoms with Gasteiger partial charge < -0.3 is 10.4 Å². The van der Waals surface area contributed by atoms with Gasteiger partial charge in [-0.05, 0) is 24.1 Å². The van der Waals surface area contributed by atoms with Crippen LogP contribution in [0.15, 0.2) is 60.7 Å². The van der Waals surface area contributed by atoms with Crippen LogP contribution in [-0.2, 0) is 16.0 Å². The second-order valence-corrected chi connectivity index (χ2v) is 5.33. The van der Waals surface area contributed by atoms with Crippen LogP contribution < -0.4 is 5.32 Å². The predicted molar refractivity (Wildman–Crippen MR) is 89.9 cm³/mol. The molecule has 0 fully saturated rings. The molecule has 1 atom stereocenters. The number of hydrogen-bond acceptors (Lipinski definition) is 2. The Balaban J connectivity index is 1.98. The van der Waals surface area contributed by atoms with Crippen molar-refractivity contribution in [2.24, 2.45) is 0 Å². The lowest BCUT2D eigenvalue weighted by Crippen LogP contribution is -2.41. The molecule has 0 saturated heterocycles. The lowest BCUT2D eigenvalue weighted by molar-refractivity contribution is -0.141. The molecule has 4 nitrogen and oxygen atoms in total. The number of nitrogens with one attached hydrogen (secondary N) is 1. The van der Waals surface area contributed by atoms with E-state index in [0.717, 1.165) is 16.7 Å². The number of benzene rings is 2. The Morgan fingerprint density at radius 2 is 1.74 bits per heavy atom. The molecule has 1 amide bonds. The maximum Gasteiger partial charge on any atom is 0.326 e. The molecule has 0 radical (unpaired) electrons. The van der Waals surface area contributed by atoms with Crippen molar-refractivity contribution in [1.82, 2.24) is 5.32 Å². The zero-order valence-corrected chi connectivity index (χ0v) is 12.9. The maximum atomic E-state index is 11.9. The fourth-order valence-corrected chi connectivity index (χ4v) is 2.12. The number of carboxylic acids is 1. The molecule has 118 valence electrons. The second-order valence-electron chi connectivity index (χ2n) is 5.33. The number of amides is 1. The van der Waals surface area contributed by atoms with E-state index >= 15 is 0 Å². The van der Waals surface area contributed by atoms with Crippen LogP contribution in [0.2, 0.25) is 0 Å². The van der Waals surface area contributed by atoms with Crippen LogP contribution >= 0.6 is 0 Å². The van der Waals surface area contributed by atoms with Gasteiger partial charge in [-0.25, -0.2) is 4.79 Å². The Labute approximate surface area is 135 Å². The molecular formula is C19H19NO3. The average molecular weight is 309 g/mol. The van der Waals surface area contributed by atoms with E-state index < -0.39 is 17.9 Å². The molecule has 0 aromatic heterocycles. The van der Waals surface area contributed by atoms with Crippen LogP contribution in [0.5, 0.6) is 0 Å². The minimum Gasteiger partial charge on any atom is -0.480 e. The molecule has 0 saturated carbocycles. The molecule has 2 aromatic carbocycles. The number of hydrogen-bond donors (Lipinski definition) is 2. The third kappa shape index (κ3) is 5.43. The van der Waals surface area contributed by atoms with Gasteiger partial charge in [0, 0.05) is 12.5 Å². The van der Waals surface area contributed by atoms with E-state index in [2.05, 4.69) is 5.32 Å². The molecule has 23 heavy (non-hydrogen) atoms. The highest BCUT2D eigenvalue weighted by atomic mass is 16.4. The van der Waals surface area contributed by atoms with Gasteiger partial charge in [-0.2, -0.15) is 0 Å². The standard InChI is InChI=1S/C19H19NO3/c1-14-7-9-15(10-8-14)11-12-18(21)20-17(19(22)23)13-16-5-3-2-4-6-16/h2-12,17H,13H2,1H3,(H,20,21)(H,22,23)/b12-11+/t17-/m1/s1. The summed E-state index contributed by atoms with van der Waals surface area (Å²) in [6.07, 6.45) is 3.27. The molecular weight excluding hydrogens is 290 g/mol. The van der Waals surface area contributed by atoms with E-state index in [-0.39, 0.29) is 6.42 Å². The van der Waals surface area contributed by atoms with Crippen LogP contribution in [-0.4, -0.2) is 23.0 Å². The number of carboxylic acid groups (broad SMARTS) is 1. The lowest BCUT2D eigenvalue weighted by atomic mass is 10.1. The number of aryl methyl sites for hydroxylation is 1. The Morgan fingerprint density at radius 3 is 2.35 bits per heavy atom. The van der Waals surface area contributed by atoms with Crippen LogP contribution in [0.1, 0.15) is 16.7 Å². The summed E-state index contributed by atoms with van der Waals surface area (Å²) in [4.78, 5) is 23.2. The van der Waals surface area contributed by atoms with Crippen molar-refractivity contribution in [1.29, 1.82) is 0 Å². The van der Waals surface area contributed by atoms with Gasteiger partial charge in [-0.1, -0.05) is 60.2 Å². The molecule has 2 N–H and O–H groups in total. The van der Waals surface area contributed by atoms with Gasteiger partial charge in [0.15, 0.2) is 0 Å². The van der Waals surface area contributed by atoms with E-state index in [1.54, 1.807) is 6.08 Å². The Morgan fingerprint density at radius 1 is 1.09 bits per heavy atom. The summed E-state index contributed by atoms with van der Waals surface area (Å²) < 4.78 is 0. The van der Waals surface area contributed by atoms with Gasteiger partial charge in [0.1, 0.15) is 6.04 Å². The second kappa shape index (κ2) is 7.94. The van der Waals surface area contributed by atoms with Crippen molar-refractivity contribution in [3.63, 3.8) is 0 Å². The first kappa shape index (κ1) is 16.5. The van der Waals surface area contributed by atoms with Crippen LogP contribution in [0.4, 0.5) is 0 Å². The van der Waals surface area contributed by atoms with Gasteiger partial charge >= 0.3 is 5.97 Å². The summed E-state index contributed by atoms with van der Waals surface area (Å²) in [5.41, 5.74) is 2.89. The van der Waals surface area contributed by atoms with Crippen LogP contribution in [0.25, 0.3) is 6.08 Å². The molecule has 0 aliphatic carbocycles. The summed E-state index contributed by atoms with van der Waals surface area (Å²) in [7, 11) is 0. The smallest absolute Gasteiger partial charge is 0.326 e. The molecule has 2 aromatic rings. The third-order valence-corrected chi connectivity index (χ3v) is 3.40. The molecule has 4 heteroatoms. The third-order valence-electron chi connectivity index (χ3n) is 3.40. The van der Waals surface area contributed by atoms with Crippen molar-refractivity contribution >= 4 is 18.0 Å². The van der Waals surface area contributed by atoms with Gasteiger partial charge in [-0.3, -0.25) is 4.79 Å². The van der Waals surface area contributed by atoms with E-state index in [1.165, 1.54) is 6.08 Å². The largest absolute Gasteiger partial charge is 0.480 e. The summed E-state index contributed by atoms with van der Waals surface area (Å²) in [6.45, 7) is 1.99. The number of carbonyl (C=O) groups is 2. The van der Waals surface area contributed by atoms with E-state index in [9.17, 15) is 14.7 Å². The first-order chi connectivity index (χ1) is 11.0. The monoisotopic (exact) mass is 309 g/mol. The van der Waals surface area contributed by atoms with E-state index in [4.69, 9.17) is 0 Å². The molecule has 0 unspecified atom stereocenters. The van der Waals surface area contributed by atoms with Crippen molar-refractivity contribution in [2.75, 3.05) is 0 Å². The highest BCUT2D eigenvalue weighted by molar-refractivity contribution is 5.94. The summed E-state index contributed by atoms with van der Waals surface area (Å²) in [6, 6.07) is 16.0. The summed E-state index contributed by atoms with van der Waals surface area (Å²) in [5, 5.41) is 11.8. The zero-order chi connectivity index (χ0) is 16.7. The van der Waals surface area contributed by atoms with Crippen molar-refractivity contribution in [3.8, 4) is 0 Å². The van der Waals surface area contributed by atoms with Crippen molar-refractivity contribution < 1.29 is 14.7 Å². The Bertz CT molecular complexity index is 690. The molecule has 0 bridgehead atoms. The zero-order valence-electron chi connectivity index (χ0n) is 12.9. The fraction of sp³-hybridized carbons (Fsp3) is 0.158. The fourth-order valence-electron chi connectivity index (χ4n) is 2.12. The number of rotatable bonds is 6. The molecule has 0 aliphatic heterocycles. The topological polar surface area (TPSA) is 66.4 Å². The molecule has 0 aliphatic rings. The van der Waals surface area contributed by atoms with Crippen molar-refractivity contribution in [2.45, 2.75) is 19.4 Å². The molecule has 0 heterocycles. The van der Waals surface area contributed by atoms with Crippen LogP contribution in [0, 0.1) is 6.92 Å². The molecule has 0 spiro atoms. The first-order valence-electron chi connectivity index (χ1n) is 7.36. The van der Waals surface area contributed by atoms with Gasteiger partial charge in [0.05, 0.1) is 0 Å². The van der Waals surface area contributed by atoms with Gasteiger partial charge in [0.2, 0.25) is 5.91 Å². The van der Waals surface area contributed by atoms with Gasteiger partial charge in [-0.15, -0.1) is 0 Å². The quantitative estimate of drug-likeness (QED) is 0.806. The minimum atomic E-state index is -1.05. The summed E-state index contributed by atoms with van der Waals surface area (Å²) in [5.74, 6) is -1.47. The Kier molecular flexibility index (Phi) is 5.69. The van der Waals surface area contributed by atoms with Crippen molar-refractivity contribution in [3.05, 3.63) is 77.4 Å². The molecule has 2 rings (SSSR count). The number of aliphatic carboxylic acids is 1. The predicted octanol–water partition coefficient (Wildman–Crippen LogP) is 2.82. The highest BCUT2D eigenvalue weighted by Crippen LogP contribution is 2.06. The van der Waals surface area contributed by atoms with E-state index in [0.29, 0.717) is 0 Å². The number of carbonyl (C=O) groups excluding carboxylic acids is 1. The SMILES string of the molecule is Cc1ccc(/C=C/C(=O)N[C@H](Cc2ccccc2)C(=O)O)cc1.